The van der Waals surface area contributed by atoms with E-state index >= 15 is 0 Å². The number of benzene rings is 4. The Morgan fingerprint density at radius 2 is 1.18 bits per heavy atom. The summed E-state index contributed by atoms with van der Waals surface area (Å²) in [5.74, 6) is -1.72. The highest BCUT2D eigenvalue weighted by Crippen LogP contribution is 2.40. The lowest BCUT2D eigenvalue weighted by Gasteiger charge is -2.40. The number of esters is 1. The minimum Gasteiger partial charge on any atom is -0.458 e. The second-order valence-electron chi connectivity index (χ2n) is 10.4. The van der Waals surface area contributed by atoms with Crippen molar-refractivity contribution in [1.29, 1.82) is 0 Å². The van der Waals surface area contributed by atoms with Gasteiger partial charge in [0.05, 0.1) is 0 Å². The topological polar surface area (TPSA) is 43.4 Å². The Kier molecular flexibility index (Phi) is 8.48. The summed E-state index contributed by atoms with van der Waals surface area (Å²) in [5, 5.41) is 0. The van der Waals surface area contributed by atoms with Gasteiger partial charge in [0.1, 0.15) is 11.5 Å². The van der Waals surface area contributed by atoms with Gasteiger partial charge in [-0.2, -0.15) is 0 Å². The largest absolute Gasteiger partial charge is 0.458 e. The Hall–Kier alpha value is -4.24. The minimum atomic E-state index is -0.867. The number of ether oxygens (including phenoxy) is 1. The summed E-state index contributed by atoms with van der Waals surface area (Å²) in [5.41, 5.74) is 3.49. The van der Waals surface area contributed by atoms with Crippen LogP contribution < -0.4 is 0 Å². The van der Waals surface area contributed by atoms with Crippen molar-refractivity contribution >= 4 is 17.8 Å². The number of allylic oxidation sites excluding steroid dienone is 1. The number of carbonyl (C=O) groups is 2. The number of aryl methyl sites for hydroxylation is 2. The Labute approximate surface area is 231 Å². The highest BCUT2D eigenvalue weighted by molar-refractivity contribution is 6.03. The molecule has 0 N–H and O–H groups in total. The van der Waals surface area contributed by atoms with Crippen LogP contribution in [0.3, 0.4) is 0 Å². The van der Waals surface area contributed by atoms with Crippen LogP contribution in [0.1, 0.15) is 47.4 Å². The van der Waals surface area contributed by atoms with Gasteiger partial charge in [0, 0.05) is 12.3 Å². The zero-order valence-corrected chi connectivity index (χ0v) is 22.1. The van der Waals surface area contributed by atoms with Crippen LogP contribution in [0.4, 0.5) is 0 Å². The lowest BCUT2D eigenvalue weighted by Crippen LogP contribution is -2.49. The summed E-state index contributed by atoms with van der Waals surface area (Å²) in [6, 6.07) is 40.1. The maximum absolute atomic E-state index is 13.9. The molecule has 0 saturated carbocycles. The zero-order valence-electron chi connectivity index (χ0n) is 22.1. The van der Waals surface area contributed by atoms with E-state index in [0.717, 1.165) is 24.0 Å². The van der Waals surface area contributed by atoms with E-state index in [1.807, 2.05) is 109 Å². The summed E-state index contributed by atoms with van der Waals surface area (Å²) in [6.45, 7) is 0. The quantitative estimate of drug-likeness (QED) is 0.161. The number of cyclic esters (lactones) is 1. The SMILES string of the molecule is O=C1CC(CCc2ccccc2)(CCc2ccccc2)OC(=O)C1C(C=Cc1ccccc1)c1ccccc1. The first-order chi connectivity index (χ1) is 19.1. The molecule has 0 bridgehead atoms. The van der Waals surface area contributed by atoms with Gasteiger partial charge in [-0.15, -0.1) is 0 Å². The maximum atomic E-state index is 13.9. The molecule has 5 rings (SSSR count). The molecule has 0 aromatic heterocycles. The molecule has 4 aromatic rings. The summed E-state index contributed by atoms with van der Waals surface area (Å²) in [4.78, 5) is 27.7. The van der Waals surface area contributed by atoms with E-state index in [1.54, 1.807) is 0 Å². The molecular weight excluding hydrogens is 480 g/mol. The van der Waals surface area contributed by atoms with Gasteiger partial charge in [-0.05, 0) is 47.9 Å². The van der Waals surface area contributed by atoms with Gasteiger partial charge in [-0.3, -0.25) is 9.59 Å². The molecule has 39 heavy (non-hydrogen) atoms. The van der Waals surface area contributed by atoms with Crippen LogP contribution in [0.2, 0.25) is 0 Å². The molecule has 1 saturated heterocycles. The van der Waals surface area contributed by atoms with Gasteiger partial charge in [-0.25, -0.2) is 0 Å². The molecule has 0 spiro atoms. The van der Waals surface area contributed by atoms with Crippen LogP contribution in [0, 0.1) is 5.92 Å². The molecule has 1 heterocycles. The number of hydrogen-bond donors (Lipinski definition) is 0. The second kappa shape index (κ2) is 12.5. The van der Waals surface area contributed by atoms with Gasteiger partial charge in [0.25, 0.3) is 0 Å². The fraction of sp³-hybridized carbons (Fsp3) is 0.222. The molecule has 0 radical (unpaired) electrons. The molecule has 1 aliphatic rings. The smallest absolute Gasteiger partial charge is 0.318 e. The summed E-state index contributed by atoms with van der Waals surface area (Å²) in [6.07, 6.45) is 6.92. The van der Waals surface area contributed by atoms with E-state index < -0.39 is 23.4 Å². The first-order valence-corrected chi connectivity index (χ1v) is 13.7. The molecule has 2 unspecified atom stereocenters. The molecule has 0 aliphatic carbocycles. The summed E-state index contributed by atoms with van der Waals surface area (Å²) in [7, 11) is 0. The Morgan fingerprint density at radius 1 is 0.692 bits per heavy atom. The van der Waals surface area contributed by atoms with Gasteiger partial charge >= 0.3 is 5.97 Å². The van der Waals surface area contributed by atoms with E-state index in [1.165, 1.54) is 11.1 Å². The van der Waals surface area contributed by atoms with Crippen molar-refractivity contribution < 1.29 is 14.3 Å². The van der Waals surface area contributed by atoms with Crippen LogP contribution in [0.25, 0.3) is 6.08 Å². The van der Waals surface area contributed by atoms with Crippen LogP contribution >= 0.6 is 0 Å². The van der Waals surface area contributed by atoms with Crippen molar-refractivity contribution in [3.8, 4) is 0 Å². The number of hydrogen-bond acceptors (Lipinski definition) is 3. The van der Waals surface area contributed by atoms with Crippen LogP contribution in [-0.4, -0.2) is 17.4 Å². The third-order valence-corrected chi connectivity index (χ3v) is 7.68. The molecule has 1 fully saturated rings. The first kappa shape index (κ1) is 26.4. The second-order valence-corrected chi connectivity index (χ2v) is 10.4. The minimum absolute atomic E-state index is 0.0426. The highest BCUT2D eigenvalue weighted by Gasteiger charge is 2.48. The molecule has 1 aliphatic heterocycles. The predicted octanol–water partition coefficient (Wildman–Crippen LogP) is 7.62. The van der Waals surface area contributed by atoms with Crippen molar-refractivity contribution in [2.24, 2.45) is 5.92 Å². The van der Waals surface area contributed by atoms with Crippen LogP contribution in [0.15, 0.2) is 127 Å². The fourth-order valence-electron chi connectivity index (χ4n) is 5.53. The lowest BCUT2D eigenvalue weighted by atomic mass is 9.74. The van der Waals surface area contributed by atoms with E-state index in [4.69, 9.17) is 4.74 Å². The van der Waals surface area contributed by atoms with E-state index in [2.05, 4.69) is 24.3 Å². The predicted molar refractivity (Wildman–Crippen MR) is 156 cm³/mol. The summed E-state index contributed by atoms with van der Waals surface area (Å²) >= 11 is 0. The normalized spacial score (nSPS) is 17.6. The van der Waals surface area contributed by atoms with Crippen molar-refractivity contribution in [3.05, 3.63) is 150 Å². The maximum Gasteiger partial charge on any atom is 0.318 e. The average molecular weight is 515 g/mol. The molecule has 2 atom stereocenters. The van der Waals surface area contributed by atoms with Crippen molar-refractivity contribution in [3.63, 3.8) is 0 Å². The van der Waals surface area contributed by atoms with E-state index in [0.29, 0.717) is 12.8 Å². The van der Waals surface area contributed by atoms with Gasteiger partial charge in [-0.1, -0.05) is 133 Å². The van der Waals surface area contributed by atoms with Crippen molar-refractivity contribution in [1.82, 2.24) is 0 Å². The number of ketones is 1. The summed E-state index contributed by atoms with van der Waals surface area (Å²) < 4.78 is 6.36. The third-order valence-electron chi connectivity index (χ3n) is 7.68. The Balaban J connectivity index is 1.42. The van der Waals surface area contributed by atoms with Crippen LogP contribution in [-0.2, 0) is 27.2 Å². The molecular formula is C36H34O3. The number of rotatable bonds is 10. The number of carbonyl (C=O) groups excluding carboxylic acids is 2. The molecule has 0 amide bonds. The first-order valence-electron chi connectivity index (χ1n) is 13.7. The zero-order chi connectivity index (χ0) is 26.9. The van der Waals surface area contributed by atoms with E-state index in [9.17, 15) is 9.59 Å². The Morgan fingerprint density at radius 3 is 1.69 bits per heavy atom. The monoisotopic (exact) mass is 514 g/mol. The standard InChI is InChI=1S/C36H34O3/c37-33-27-36(25-23-29-15-7-2-8-16-29,26-24-30-17-9-3-10-18-30)39-35(38)34(33)32(31-19-11-4-12-20-31)22-21-28-13-5-1-6-14-28/h1-22,32,34H,23-27H2. The van der Waals surface area contributed by atoms with Crippen molar-refractivity contribution in [2.45, 2.75) is 43.6 Å². The fourth-order valence-corrected chi connectivity index (χ4v) is 5.53. The molecule has 196 valence electrons. The van der Waals surface area contributed by atoms with Gasteiger partial charge in [0.2, 0.25) is 0 Å². The number of Topliss-reactive ketones (excluding diaryl/α,β-unsaturated/α-hetero) is 1. The van der Waals surface area contributed by atoms with Crippen molar-refractivity contribution in [2.75, 3.05) is 0 Å². The Bertz CT molecular complexity index is 1320. The third kappa shape index (κ3) is 6.80. The molecule has 3 nitrogen and oxygen atoms in total. The molecule has 4 aromatic carbocycles. The average Bonchev–Trinajstić information content (AvgIpc) is 2.98. The van der Waals surface area contributed by atoms with Crippen LogP contribution in [0.5, 0.6) is 0 Å². The lowest BCUT2D eigenvalue weighted by molar-refractivity contribution is -0.179. The molecule has 3 heteroatoms. The van der Waals surface area contributed by atoms with Gasteiger partial charge in [0.15, 0.2) is 5.78 Å². The van der Waals surface area contributed by atoms with E-state index in [-0.39, 0.29) is 12.2 Å². The van der Waals surface area contributed by atoms with Gasteiger partial charge < -0.3 is 4.74 Å². The highest BCUT2D eigenvalue weighted by atomic mass is 16.6.